The number of hydrogen-bond donors (Lipinski definition) is 0. The highest BCUT2D eigenvalue weighted by atomic mass is 35.5. The molecule has 0 amide bonds. The third-order valence-corrected chi connectivity index (χ3v) is 3.89. The van der Waals surface area contributed by atoms with E-state index in [9.17, 15) is 9.90 Å². The Hall–Kier alpha value is -1.92. The van der Waals surface area contributed by atoms with Gasteiger partial charge < -0.3 is 5.11 Å². The summed E-state index contributed by atoms with van der Waals surface area (Å²) in [7, 11) is 0. The lowest BCUT2D eigenvalue weighted by molar-refractivity contribution is -0.582. The molecular formula is C12H8ClN3O2S. The molecule has 0 unspecified atom stereocenters. The van der Waals surface area contributed by atoms with E-state index in [4.69, 9.17) is 11.6 Å². The van der Waals surface area contributed by atoms with Gasteiger partial charge in [-0.3, -0.25) is 4.79 Å². The highest BCUT2D eigenvalue weighted by Gasteiger charge is 2.20. The van der Waals surface area contributed by atoms with E-state index in [-0.39, 0.29) is 11.6 Å². The first kappa shape index (κ1) is 12.1. The fourth-order valence-corrected chi connectivity index (χ4v) is 2.95. The third-order valence-electron chi connectivity index (χ3n) is 2.79. The zero-order valence-electron chi connectivity index (χ0n) is 9.62. The van der Waals surface area contributed by atoms with Crippen LogP contribution >= 0.6 is 22.9 Å². The molecule has 3 aromatic rings. The molecule has 0 N–H and O–H groups in total. The minimum atomic E-state index is -0.318. The smallest absolute Gasteiger partial charge is 0.286 e. The van der Waals surface area contributed by atoms with Gasteiger partial charge in [0.05, 0.1) is 11.1 Å². The average molecular weight is 294 g/mol. The average Bonchev–Trinajstić information content (AvgIpc) is 2.94. The maximum absolute atomic E-state index is 12.0. The number of aldehydes is 1. The number of halogens is 1. The fourth-order valence-electron chi connectivity index (χ4n) is 1.98. The van der Waals surface area contributed by atoms with Gasteiger partial charge in [-0.25, -0.2) is 14.0 Å². The summed E-state index contributed by atoms with van der Waals surface area (Å²) >= 11 is 7.11. The highest BCUT2D eigenvalue weighted by molar-refractivity contribution is 7.15. The summed E-state index contributed by atoms with van der Waals surface area (Å²) in [5.74, 6) is -0.318. The zero-order valence-corrected chi connectivity index (χ0v) is 11.2. The Balaban J connectivity index is 2.18. The van der Waals surface area contributed by atoms with Crippen LogP contribution in [-0.2, 0) is 6.54 Å². The van der Waals surface area contributed by atoms with Crippen molar-refractivity contribution < 1.29 is 14.3 Å². The Bertz CT molecular complexity index is 766. The maximum Gasteiger partial charge on any atom is 0.286 e. The molecule has 0 bridgehead atoms. The normalized spacial score (nSPS) is 11.0. The summed E-state index contributed by atoms with van der Waals surface area (Å²) in [5, 5.41) is 12.0. The number of aromatic nitrogens is 3. The van der Waals surface area contributed by atoms with E-state index in [1.807, 2.05) is 6.07 Å². The van der Waals surface area contributed by atoms with Crippen molar-refractivity contribution in [2.45, 2.75) is 6.54 Å². The Morgan fingerprint density at radius 3 is 3.05 bits per heavy atom. The van der Waals surface area contributed by atoms with E-state index in [0.717, 1.165) is 4.88 Å². The zero-order chi connectivity index (χ0) is 13.4. The van der Waals surface area contributed by atoms with Crippen LogP contribution < -0.4 is 9.51 Å². The van der Waals surface area contributed by atoms with Gasteiger partial charge in [-0.2, -0.15) is 0 Å². The number of imidazole rings is 1. The highest BCUT2D eigenvalue weighted by Crippen LogP contribution is 2.21. The lowest BCUT2D eigenvalue weighted by Gasteiger charge is -1.97. The molecule has 0 saturated heterocycles. The molecule has 0 aliphatic carbocycles. The lowest BCUT2D eigenvalue weighted by atomic mass is 10.4. The van der Waals surface area contributed by atoms with Crippen LogP contribution in [0.3, 0.4) is 0 Å². The number of thiazole rings is 1. The quantitative estimate of drug-likeness (QED) is 0.540. The SMILES string of the molecule is O=Cc1c([O-])[n+]2ccccc2n1Cc1cnc(Cl)s1. The van der Waals surface area contributed by atoms with Crippen molar-refractivity contribution in [2.24, 2.45) is 0 Å². The summed E-state index contributed by atoms with van der Waals surface area (Å²) in [6.07, 6.45) is 3.87. The number of carbonyl (C=O) groups excluding carboxylic acids is 1. The van der Waals surface area contributed by atoms with Crippen LogP contribution in [0.2, 0.25) is 4.47 Å². The van der Waals surface area contributed by atoms with Gasteiger partial charge in [0.2, 0.25) is 5.69 Å². The van der Waals surface area contributed by atoms with Crippen LogP contribution in [0, 0.1) is 0 Å². The molecule has 0 aliphatic heterocycles. The van der Waals surface area contributed by atoms with Crippen LogP contribution in [0.5, 0.6) is 5.88 Å². The van der Waals surface area contributed by atoms with Crippen LogP contribution in [0.15, 0.2) is 30.6 Å². The second-order valence-electron chi connectivity index (χ2n) is 3.90. The van der Waals surface area contributed by atoms with Gasteiger partial charge in [0.1, 0.15) is 12.4 Å². The van der Waals surface area contributed by atoms with E-state index in [1.54, 1.807) is 29.1 Å². The second kappa shape index (κ2) is 4.64. The Morgan fingerprint density at radius 2 is 2.37 bits per heavy atom. The van der Waals surface area contributed by atoms with E-state index in [0.29, 0.717) is 22.9 Å². The minimum absolute atomic E-state index is 0.121. The predicted octanol–water partition coefficient (Wildman–Crippen LogP) is 1.27. The first-order chi connectivity index (χ1) is 9.20. The van der Waals surface area contributed by atoms with Gasteiger partial charge in [-0.05, 0) is 6.07 Å². The Morgan fingerprint density at radius 1 is 1.53 bits per heavy atom. The summed E-state index contributed by atoms with van der Waals surface area (Å²) in [4.78, 5) is 16.0. The molecule has 3 rings (SSSR count). The molecule has 0 atom stereocenters. The van der Waals surface area contributed by atoms with Crippen LogP contribution in [-0.4, -0.2) is 15.8 Å². The maximum atomic E-state index is 12.0. The van der Waals surface area contributed by atoms with Crippen LogP contribution in [0.4, 0.5) is 0 Å². The van der Waals surface area contributed by atoms with E-state index in [1.165, 1.54) is 15.7 Å². The van der Waals surface area contributed by atoms with Crippen molar-refractivity contribution in [3.8, 4) is 5.88 Å². The Labute approximate surface area is 117 Å². The second-order valence-corrected chi connectivity index (χ2v) is 5.60. The van der Waals surface area contributed by atoms with E-state index in [2.05, 4.69) is 4.98 Å². The number of pyridine rings is 1. The molecule has 19 heavy (non-hydrogen) atoms. The van der Waals surface area contributed by atoms with Gasteiger partial charge in [-0.15, -0.1) is 11.3 Å². The summed E-state index contributed by atoms with van der Waals surface area (Å²) in [5.41, 5.74) is 0.787. The van der Waals surface area contributed by atoms with Gasteiger partial charge in [0.15, 0.2) is 10.8 Å². The topological polar surface area (TPSA) is 62.0 Å². The number of hydrogen-bond acceptors (Lipinski definition) is 4. The summed E-state index contributed by atoms with van der Waals surface area (Å²) < 4.78 is 3.56. The molecule has 0 radical (unpaired) electrons. The van der Waals surface area contributed by atoms with Crippen molar-refractivity contribution in [1.29, 1.82) is 0 Å². The summed E-state index contributed by atoms with van der Waals surface area (Å²) in [6, 6.07) is 5.35. The molecule has 96 valence electrons. The minimum Gasteiger partial charge on any atom is -0.839 e. The molecule has 7 heteroatoms. The number of rotatable bonds is 3. The molecule has 5 nitrogen and oxygen atoms in total. The first-order valence-electron chi connectivity index (χ1n) is 5.46. The van der Waals surface area contributed by atoms with Crippen molar-refractivity contribution in [1.82, 2.24) is 9.55 Å². The van der Waals surface area contributed by atoms with Crippen LogP contribution in [0.25, 0.3) is 5.65 Å². The van der Waals surface area contributed by atoms with Gasteiger partial charge in [0, 0.05) is 12.3 Å². The largest absolute Gasteiger partial charge is 0.839 e. The number of carbonyl (C=O) groups is 1. The molecule has 0 spiro atoms. The predicted molar refractivity (Wildman–Crippen MR) is 68.7 cm³/mol. The molecule has 3 heterocycles. The third kappa shape index (κ3) is 1.98. The van der Waals surface area contributed by atoms with Crippen molar-refractivity contribution in [3.05, 3.63) is 45.6 Å². The summed E-state index contributed by atoms with van der Waals surface area (Å²) in [6.45, 7) is 0.397. The lowest BCUT2D eigenvalue weighted by Crippen LogP contribution is -2.23. The van der Waals surface area contributed by atoms with Gasteiger partial charge >= 0.3 is 0 Å². The first-order valence-corrected chi connectivity index (χ1v) is 6.65. The standard InChI is InChI=1S/C12H8ClN3O2S/c13-12-14-5-8(19-12)6-16-9(7-17)11(18)15-4-2-1-3-10(15)16/h1-5,7H,6H2. The molecule has 0 aromatic carbocycles. The van der Waals surface area contributed by atoms with Gasteiger partial charge in [0.25, 0.3) is 5.65 Å². The van der Waals surface area contributed by atoms with Crippen LogP contribution in [0.1, 0.15) is 15.4 Å². The molecule has 3 aromatic heterocycles. The van der Waals surface area contributed by atoms with E-state index < -0.39 is 0 Å². The number of nitrogens with zero attached hydrogens (tertiary/aromatic N) is 3. The molecule has 0 fully saturated rings. The van der Waals surface area contributed by atoms with Crippen molar-refractivity contribution >= 4 is 34.9 Å². The monoisotopic (exact) mass is 293 g/mol. The molecule has 0 saturated carbocycles. The Kier molecular flexibility index (Phi) is 2.96. The molecule has 0 aliphatic rings. The van der Waals surface area contributed by atoms with Gasteiger partial charge in [-0.1, -0.05) is 17.7 Å². The van der Waals surface area contributed by atoms with Crippen molar-refractivity contribution in [3.63, 3.8) is 0 Å². The van der Waals surface area contributed by atoms with E-state index >= 15 is 0 Å². The fraction of sp³-hybridized carbons (Fsp3) is 0.0833. The van der Waals surface area contributed by atoms with Crippen molar-refractivity contribution in [2.75, 3.05) is 0 Å². The molecular weight excluding hydrogens is 286 g/mol. The number of fused-ring (bicyclic) bond motifs is 1.